The van der Waals surface area contributed by atoms with Crippen LogP contribution in [0.1, 0.15) is 35.6 Å². The molecule has 0 aliphatic heterocycles. The molecule has 1 aliphatic rings. The Morgan fingerprint density at radius 3 is 2.59 bits per heavy atom. The fraction of sp³-hybridized carbons (Fsp3) is 0.375. The van der Waals surface area contributed by atoms with Crippen LogP contribution in [-0.2, 0) is 11.3 Å². The lowest BCUT2D eigenvalue weighted by molar-refractivity contribution is -0.132. The SMILES string of the molecule is O=C(NCCC(=O)N(Cc1ccco1)C1CC1)c1ccco1. The van der Waals surface area contributed by atoms with Gasteiger partial charge in [0, 0.05) is 19.0 Å². The van der Waals surface area contributed by atoms with Crippen LogP contribution in [0.4, 0.5) is 0 Å². The van der Waals surface area contributed by atoms with Gasteiger partial charge in [0.25, 0.3) is 5.91 Å². The van der Waals surface area contributed by atoms with Gasteiger partial charge in [0.2, 0.25) is 5.91 Å². The van der Waals surface area contributed by atoms with Gasteiger partial charge in [-0.3, -0.25) is 9.59 Å². The summed E-state index contributed by atoms with van der Waals surface area (Å²) in [5.74, 6) is 0.752. The van der Waals surface area contributed by atoms with Crippen molar-refractivity contribution in [3.63, 3.8) is 0 Å². The van der Waals surface area contributed by atoms with Crippen molar-refractivity contribution in [3.8, 4) is 0 Å². The van der Waals surface area contributed by atoms with Gasteiger partial charge in [-0.25, -0.2) is 0 Å². The van der Waals surface area contributed by atoms with Crippen molar-refractivity contribution in [2.45, 2.75) is 31.8 Å². The summed E-state index contributed by atoms with van der Waals surface area (Å²) in [4.78, 5) is 25.9. The molecule has 2 heterocycles. The zero-order chi connectivity index (χ0) is 15.4. The van der Waals surface area contributed by atoms with Gasteiger partial charge >= 0.3 is 0 Å². The highest BCUT2D eigenvalue weighted by atomic mass is 16.3. The van der Waals surface area contributed by atoms with Gasteiger partial charge < -0.3 is 19.1 Å². The van der Waals surface area contributed by atoms with Crippen molar-refractivity contribution in [1.29, 1.82) is 0 Å². The summed E-state index contributed by atoms with van der Waals surface area (Å²) in [6, 6.07) is 7.22. The van der Waals surface area contributed by atoms with Gasteiger partial charge in [-0.05, 0) is 37.1 Å². The van der Waals surface area contributed by atoms with E-state index in [-0.39, 0.29) is 24.0 Å². The van der Waals surface area contributed by atoms with Crippen LogP contribution in [0.15, 0.2) is 45.6 Å². The normalized spacial score (nSPS) is 13.8. The standard InChI is InChI=1S/C16H18N2O4/c19-15(7-8-17-16(20)14-4-2-10-22-14)18(12-5-6-12)11-13-3-1-9-21-13/h1-4,9-10,12H,5-8,11H2,(H,17,20). The molecular formula is C16H18N2O4. The van der Waals surface area contributed by atoms with Crippen molar-refractivity contribution in [3.05, 3.63) is 48.3 Å². The number of amides is 2. The number of hydrogen-bond donors (Lipinski definition) is 1. The first-order valence-corrected chi connectivity index (χ1v) is 7.37. The van der Waals surface area contributed by atoms with Crippen molar-refractivity contribution < 1.29 is 18.4 Å². The largest absolute Gasteiger partial charge is 0.467 e. The zero-order valence-electron chi connectivity index (χ0n) is 12.2. The molecule has 1 N–H and O–H groups in total. The molecule has 22 heavy (non-hydrogen) atoms. The molecule has 2 aromatic rings. The van der Waals surface area contributed by atoms with Gasteiger partial charge in [-0.15, -0.1) is 0 Å². The van der Waals surface area contributed by atoms with Crippen LogP contribution >= 0.6 is 0 Å². The van der Waals surface area contributed by atoms with Crippen molar-refractivity contribution in [2.75, 3.05) is 6.54 Å². The Labute approximate surface area is 128 Å². The molecule has 1 aliphatic carbocycles. The molecule has 116 valence electrons. The average Bonchev–Trinajstić information content (AvgIpc) is 3.02. The minimum absolute atomic E-state index is 0.0265. The zero-order valence-corrected chi connectivity index (χ0v) is 12.2. The molecule has 0 radical (unpaired) electrons. The number of hydrogen-bond acceptors (Lipinski definition) is 4. The molecule has 0 spiro atoms. The number of furan rings is 2. The Balaban J connectivity index is 1.48. The summed E-state index contributed by atoms with van der Waals surface area (Å²) in [6.07, 6.45) is 5.38. The van der Waals surface area contributed by atoms with Crippen LogP contribution in [-0.4, -0.2) is 29.3 Å². The van der Waals surface area contributed by atoms with Crippen LogP contribution in [0.3, 0.4) is 0 Å². The van der Waals surface area contributed by atoms with E-state index in [1.165, 1.54) is 6.26 Å². The molecule has 0 saturated heterocycles. The van der Waals surface area contributed by atoms with Crippen LogP contribution in [0.5, 0.6) is 0 Å². The van der Waals surface area contributed by atoms with Gasteiger partial charge in [0.05, 0.1) is 19.1 Å². The van der Waals surface area contributed by atoms with Crippen LogP contribution < -0.4 is 5.32 Å². The Bertz CT molecular complexity index is 615. The van der Waals surface area contributed by atoms with E-state index >= 15 is 0 Å². The van der Waals surface area contributed by atoms with Crippen molar-refractivity contribution >= 4 is 11.8 Å². The van der Waals surface area contributed by atoms with Crippen molar-refractivity contribution in [1.82, 2.24) is 10.2 Å². The quantitative estimate of drug-likeness (QED) is 0.850. The van der Waals surface area contributed by atoms with Gasteiger partial charge in [0.1, 0.15) is 5.76 Å². The maximum atomic E-state index is 12.3. The predicted molar refractivity (Wildman–Crippen MR) is 77.9 cm³/mol. The molecule has 3 rings (SSSR count). The monoisotopic (exact) mass is 302 g/mol. The van der Waals surface area contributed by atoms with Gasteiger partial charge in [-0.2, -0.15) is 0 Å². The summed E-state index contributed by atoms with van der Waals surface area (Å²) in [5, 5.41) is 2.69. The average molecular weight is 302 g/mol. The highest BCUT2D eigenvalue weighted by Gasteiger charge is 2.32. The van der Waals surface area contributed by atoms with E-state index in [9.17, 15) is 9.59 Å². The van der Waals surface area contributed by atoms with E-state index in [1.807, 2.05) is 17.0 Å². The lowest BCUT2D eigenvalue weighted by Gasteiger charge is -2.21. The molecule has 0 unspecified atom stereocenters. The topological polar surface area (TPSA) is 75.7 Å². The molecule has 0 atom stereocenters. The summed E-state index contributed by atoms with van der Waals surface area (Å²) in [7, 11) is 0. The van der Waals surface area contributed by atoms with Gasteiger partial charge in [-0.1, -0.05) is 0 Å². The minimum atomic E-state index is -0.304. The van der Waals surface area contributed by atoms with Crippen LogP contribution in [0.25, 0.3) is 0 Å². The van der Waals surface area contributed by atoms with E-state index in [2.05, 4.69) is 5.32 Å². The number of carbonyl (C=O) groups is 2. The van der Waals surface area contributed by atoms with E-state index in [1.54, 1.807) is 18.4 Å². The molecule has 0 aromatic carbocycles. The summed E-state index contributed by atoms with van der Waals surface area (Å²) < 4.78 is 10.3. The lowest BCUT2D eigenvalue weighted by Crippen LogP contribution is -2.35. The van der Waals surface area contributed by atoms with E-state index in [4.69, 9.17) is 8.83 Å². The number of rotatable bonds is 7. The Hall–Kier alpha value is -2.50. The Morgan fingerprint density at radius 2 is 1.95 bits per heavy atom. The Morgan fingerprint density at radius 1 is 1.18 bits per heavy atom. The highest BCUT2D eigenvalue weighted by Crippen LogP contribution is 2.28. The number of nitrogens with one attached hydrogen (secondary N) is 1. The predicted octanol–water partition coefficient (Wildman–Crippen LogP) is 2.18. The third-order valence-corrected chi connectivity index (χ3v) is 3.58. The third kappa shape index (κ3) is 3.58. The molecule has 0 bridgehead atoms. The molecule has 6 heteroatoms. The maximum absolute atomic E-state index is 12.3. The molecule has 1 saturated carbocycles. The first-order valence-electron chi connectivity index (χ1n) is 7.37. The van der Waals surface area contributed by atoms with Crippen LogP contribution in [0, 0.1) is 0 Å². The first-order chi connectivity index (χ1) is 10.7. The third-order valence-electron chi connectivity index (χ3n) is 3.58. The van der Waals surface area contributed by atoms with E-state index < -0.39 is 0 Å². The fourth-order valence-electron chi connectivity index (χ4n) is 2.30. The fourth-order valence-corrected chi connectivity index (χ4v) is 2.30. The molecule has 6 nitrogen and oxygen atoms in total. The smallest absolute Gasteiger partial charge is 0.286 e. The Kier molecular flexibility index (Phi) is 4.27. The molecule has 1 fully saturated rings. The lowest BCUT2D eigenvalue weighted by atomic mass is 10.3. The van der Waals surface area contributed by atoms with Crippen molar-refractivity contribution in [2.24, 2.45) is 0 Å². The first kappa shape index (κ1) is 14.4. The van der Waals surface area contributed by atoms with E-state index in [0.717, 1.165) is 18.6 Å². The summed E-state index contributed by atoms with van der Waals surface area (Å²) >= 11 is 0. The van der Waals surface area contributed by atoms with Gasteiger partial charge in [0.15, 0.2) is 5.76 Å². The second-order valence-corrected chi connectivity index (χ2v) is 5.32. The highest BCUT2D eigenvalue weighted by molar-refractivity contribution is 5.91. The summed E-state index contributed by atoms with van der Waals surface area (Å²) in [5.41, 5.74) is 0. The number of nitrogens with zero attached hydrogens (tertiary/aromatic N) is 1. The second kappa shape index (κ2) is 6.51. The maximum Gasteiger partial charge on any atom is 0.286 e. The molecule has 2 aromatic heterocycles. The molecular weight excluding hydrogens is 284 g/mol. The second-order valence-electron chi connectivity index (χ2n) is 5.32. The minimum Gasteiger partial charge on any atom is -0.467 e. The molecule has 2 amide bonds. The van der Waals surface area contributed by atoms with E-state index in [0.29, 0.717) is 19.1 Å². The van der Waals surface area contributed by atoms with Crippen LogP contribution in [0.2, 0.25) is 0 Å². The number of carbonyl (C=O) groups excluding carboxylic acids is 2. The summed E-state index contributed by atoms with van der Waals surface area (Å²) in [6.45, 7) is 0.780.